The molecule has 1 N–H and O–H groups in total. The van der Waals surface area contributed by atoms with Gasteiger partial charge in [0.2, 0.25) is 0 Å². The van der Waals surface area contributed by atoms with Crippen molar-refractivity contribution in [3.63, 3.8) is 0 Å². The van der Waals surface area contributed by atoms with Crippen molar-refractivity contribution < 1.29 is 4.74 Å². The SMILES string of the molecule is CCOC(C)CN1CC(C)(C)NCC1C(C)C. The van der Waals surface area contributed by atoms with Crippen molar-refractivity contribution in [1.29, 1.82) is 0 Å². The van der Waals surface area contributed by atoms with Gasteiger partial charge in [0, 0.05) is 37.8 Å². The molecular weight excluding hydrogens is 212 g/mol. The molecule has 3 heteroatoms. The van der Waals surface area contributed by atoms with Gasteiger partial charge in [-0.3, -0.25) is 4.90 Å². The molecule has 2 unspecified atom stereocenters. The van der Waals surface area contributed by atoms with Gasteiger partial charge in [-0.2, -0.15) is 0 Å². The Bertz CT molecular complexity index is 228. The van der Waals surface area contributed by atoms with E-state index in [2.05, 4.69) is 51.8 Å². The predicted octanol–water partition coefficient (Wildman–Crippen LogP) is 2.12. The Morgan fingerprint density at radius 2 is 2.00 bits per heavy atom. The van der Waals surface area contributed by atoms with Gasteiger partial charge in [-0.1, -0.05) is 13.8 Å². The summed E-state index contributed by atoms with van der Waals surface area (Å²) in [6, 6.07) is 0.630. The molecule has 0 aromatic heterocycles. The molecule has 1 rings (SSSR count). The fourth-order valence-electron chi connectivity index (χ4n) is 2.72. The van der Waals surface area contributed by atoms with E-state index in [0.717, 1.165) is 26.2 Å². The molecule has 102 valence electrons. The molecule has 0 aliphatic carbocycles. The van der Waals surface area contributed by atoms with E-state index in [0.29, 0.717) is 18.1 Å². The maximum absolute atomic E-state index is 5.68. The highest BCUT2D eigenvalue weighted by molar-refractivity contribution is 4.93. The van der Waals surface area contributed by atoms with Gasteiger partial charge in [-0.25, -0.2) is 0 Å². The Morgan fingerprint density at radius 3 is 2.53 bits per heavy atom. The zero-order chi connectivity index (χ0) is 13.1. The van der Waals surface area contributed by atoms with Crippen molar-refractivity contribution >= 4 is 0 Å². The molecule has 17 heavy (non-hydrogen) atoms. The smallest absolute Gasteiger partial charge is 0.0673 e. The summed E-state index contributed by atoms with van der Waals surface area (Å²) in [5.74, 6) is 0.687. The van der Waals surface area contributed by atoms with E-state index in [1.54, 1.807) is 0 Å². The summed E-state index contributed by atoms with van der Waals surface area (Å²) < 4.78 is 5.68. The zero-order valence-electron chi connectivity index (χ0n) is 12.4. The number of nitrogens with zero attached hydrogens (tertiary/aromatic N) is 1. The molecule has 0 bridgehead atoms. The van der Waals surface area contributed by atoms with E-state index in [-0.39, 0.29) is 5.54 Å². The van der Waals surface area contributed by atoms with Crippen LogP contribution in [0.15, 0.2) is 0 Å². The van der Waals surface area contributed by atoms with Gasteiger partial charge in [0.1, 0.15) is 0 Å². The number of rotatable bonds is 5. The highest BCUT2D eigenvalue weighted by Crippen LogP contribution is 2.20. The van der Waals surface area contributed by atoms with E-state index in [4.69, 9.17) is 4.74 Å². The van der Waals surface area contributed by atoms with Gasteiger partial charge in [0.15, 0.2) is 0 Å². The zero-order valence-corrected chi connectivity index (χ0v) is 12.4. The molecule has 0 aromatic carbocycles. The lowest BCUT2D eigenvalue weighted by Gasteiger charge is -2.47. The van der Waals surface area contributed by atoms with E-state index in [1.165, 1.54) is 0 Å². The first-order valence-corrected chi connectivity index (χ1v) is 6.96. The van der Waals surface area contributed by atoms with Crippen molar-refractivity contribution in [3.8, 4) is 0 Å². The van der Waals surface area contributed by atoms with Crippen LogP contribution in [-0.4, -0.2) is 48.8 Å². The molecule has 1 aliphatic heterocycles. The molecule has 3 nitrogen and oxygen atoms in total. The number of hydrogen-bond acceptors (Lipinski definition) is 3. The minimum absolute atomic E-state index is 0.220. The number of ether oxygens (including phenoxy) is 1. The predicted molar refractivity (Wildman–Crippen MR) is 73.4 cm³/mol. The van der Waals surface area contributed by atoms with Crippen molar-refractivity contribution in [2.75, 3.05) is 26.2 Å². The van der Waals surface area contributed by atoms with Gasteiger partial charge in [-0.15, -0.1) is 0 Å². The maximum atomic E-state index is 5.68. The second-order valence-electron chi connectivity index (χ2n) is 6.27. The van der Waals surface area contributed by atoms with Crippen LogP contribution < -0.4 is 5.32 Å². The van der Waals surface area contributed by atoms with Crippen LogP contribution in [-0.2, 0) is 4.74 Å². The van der Waals surface area contributed by atoms with Gasteiger partial charge in [0.25, 0.3) is 0 Å². The summed E-state index contributed by atoms with van der Waals surface area (Å²) in [4.78, 5) is 2.60. The number of nitrogens with one attached hydrogen (secondary N) is 1. The second-order valence-corrected chi connectivity index (χ2v) is 6.27. The topological polar surface area (TPSA) is 24.5 Å². The first kappa shape index (κ1) is 14.9. The molecule has 0 spiro atoms. The molecule has 0 saturated carbocycles. The van der Waals surface area contributed by atoms with Crippen LogP contribution in [0.1, 0.15) is 41.5 Å². The molecule has 1 saturated heterocycles. The van der Waals surface area contributed by atoms with Crippen LogP contribution in [0.25, 0.3) is 0 Å². The van der Waals surface area contributed by atoms with Crippen LogP contribution >= 0.6 is 0 Å². The largest absolute Gasteiger partial charge is 0.377 e. The molecule has 1 aliphatic rings. The lowest BCUT2D eigenvalue weighted by atomic mass is 9.93. The average molecular weight is 242 g/mol. The molecule has 0 aromatic rings. The van der Waals surface area contributed by atoms with Gasteiger partial charge in [-0.05, 0) is 33.6 Å². The van der Waals surface area contributed by atoms with E-state index >= 15 is 0 Å². The van der Waals surface area contributed by atoms with Crippen LogP contribution in [0.5, 0.6) is 0 Å². The second kappa shape index (κ2) is 6.17. The lowest BCUT2D eigenvalue weighted by Crippen LogP contribution is -2.63. The Kier molecular flexibility index (Phi) is 5.42. The monoisotopic (exact) mass is 242 g/mol. The first-order valence-electron chi connectivity index (χ1n) is 6.96. The van der Waals surface area contributed by atoms with Gasteiger partial charge < -0.3 is 10.1 Å². The van der Waals surface area contributed by atoms with Crippen molar-refractivity contribution in [3.05, 3.63) is 0 Å². The average Bonchev–Trinajstić information content (AvgIpc) is 2.15. The van der Waals surface area contributed by atoms with Crippen molar-refractivity contribution in [2.45, 2.75) is 59.2 Å². The summed E-state index contributed by atoms with van der Waals surface area (Å²) >= 11 is 0. The highest BCUT2D eigenvalue weighted by atomic mass is 16.5. The lowest BCUT2D eigenvalue weighted by molar-refractivity contribution is -0.0000386. The third kappa shape index (κ3) is 4.57. The van der Waals surface area contributed by atoms with Gasteiger partial charge in [0.05, 0.1) is 6.10 Å². The minimum atomic E-state index is 0.220. The Morgan fingerprint density at radius 1 is 1.35 bits per heavy atom. The third-order valence-corrected chi connectivity index (χ3v) is 3.57. The van der Waals surface area contributed by atoms with Crippen molar-refractivity contribution in [2.24, 2.45) is 5.92 Å². The fraction of sp³-hybridized carbons (Fsp3) is 1.00. The summed E-state index contributed by atoms with van der Waals surface area (Å²) in [6.07, 6.45) is 0.329. The Balaban J connectivity index is 2.61. The standard InChI is InChI=1S/C14H30N2O/c1-7-17-12(4)9-16-10-14(5,6)15-8-13(16)11(2)3/h11-13,15H,7-10H2,1-6H3. The van der Waals surface area contributed by atoms with E-state index in [1.807, 2.05) is 0 Å². The first-order chi connectivity index (χ1) is 7.85. The van der Waals surface area contributed by atoms with Crippen LogP contribution in [0, 0.1) is 5.92 Å². The van der Waals surface area contributed by atoms with E-state index < -0.39 is 0 Å². The normalized spacial score (nSPS) is 27.4. The third-order valence-electron chi connectivity index (χ3n) is 3.57. The maximum Gasteiger partial charge on any atom is 0.0673 e. The summed E-state index contributed by atoms with van der Waals surface area (Å²) in [7, 11) is 0. The molecule has 1 fully saturated rings. The Labute approximate surface area is 107 Å². The van der Waals surface area contributed by atoms with Crippen molar-refractivity contribution in [1.82, 2.24) is 10.2 Å². The quantitative estimate of drug-likeness (QED) is 0.799. The summed E-state index contributed by atoms with van der Waals surface area (Å²) in [6.45, 7) is 17.5. The molecule has 0 amide bonds. The minimum Gasteiger partial charge on any atom is -0.377 e. The fourth-order valence-corrected chi connectivity index (χ4v) is 2.72. The molecule has 1 heterocycles. The highest BCUT2D eigenvalue weighted by Gasteiger charge is 2.34. The van der Waals surface area contributed by atoms with Crippen LogP contribution in [0.3, 0.4) is 0 Å². The van der Waals surface area contributed by atoms with Crippen LogP contribution in [0.4, 0.5) is 0 Å². The number of piperazine rings is 1. The van der Waals surface area contributed by atoms with E-state index in [9.17, 15) is 0 Å². The molecule has 0 radical (unpaired) electrons. The Hall–Kier alpha value is -0.120. The number of hydrogen-bond donors (Lipinski definition) is 1. The summed E-state index contributed by atoms with van der Waals surface area (Å²) in [5, 5.41) is 3.64. The van der Waals surface area contributed by atoms with Crippen LogP contribution in [0.2, 0.25) is 0 Å². The van der Waals surface area contributed by atoms with Gasteiger partial charge >= 0.3 is 0 Å². The molecular formula is C14H30N2O. The molecule has 2 atom stereocenters. The summed E-state index contributed by atoms with van der Waals surface area (Å²) in [5.41, 5.74) is 0.220.